The SMILES string of the molecule is CCCCCCCC(CCCCC)CCN1CCNCC1. The summed E-state index contributed by atoms with van der Waals surface area (Å²) >= 11 is 0. The highest BCUT2D eigenvalue weighted by atomic mass is 15.2. The Hall–Kier alpha value is -0.0800. The maximum absolute atomic E-state index is 3.46. The summed E-state index contributed by atoms with van der Waals surface area (Å²) in [6.07, 6.45) is 15.8. The molecule has 1 fully saturated rings. The van der Waals surface area contributed by atoms with Gasteiger partial charge in [0.2, 0.25) is 0 Å². The monoisotopic (exact) mass is 296 g/mol. The molecule has 1 atom stereocenters. The highest BCUT2D eigenvalue weighted by Gasteiger charge is 2.13. The van der Waals surface area contributed by atoms with Gasteiger partial charge >= 0.3 is 0 Å². The van der Waals surface area contributed by atoms with Crippen molar-refractivity contribution in [2.45, 2.75) is 84.5 Å². The second-order valence-electron chi connectivity index (χ2n) is 6.95. The number of unbranched alkanes of at least 4 members (excludes halogenated alkanes) is 6. The first-order valence-corrected chi connectivity index (χ1v) is 9.79. The summed E-state index contributed by atoms with van der Waals surface area (Å²) in [4.78, 5) is 2.67. The van der Waals surface area contributed by atoms with E-state index >= 15 is 0 Å². The first-order valence-electron chi connectivity index (χ1n) is 9.79. The van der Waals surface area contributed by atoms with Gasteiger partial charge in [0.15, 0.2) is 0 Å². The summed E-state index contributed by atoms with van der Waals surface area (Å²) in [6, 6.07) is 0. The molecule has 2 nitrogen and oxygen atoms in total. The molecule has 0 bridgehead atoms. The van der Waals surface area contributed by atoms with E-state index in [1.807, 2.05) is 0 Å². The van der Waals surface area contributed by atoms with Crippen molar-refractivity contribution in [3.8, 4) is 0 Å². The Morgan fingerprint density at radius 2 is 1.33 bits per heavy atom. The molecule has 1 heterocycles. The lowest BCUT2D eigenvalue weighted by Gasteiger charge is -2.29. The van der Waals surface area contributed by atoms with Crippen LogP contribution in [0.5, 0.6) is 0 Å². The number of hydrogen-bond acceptors (Lipinski definition) is 2. The van der Waals surface area contributed by atoms with Crippen molar-refractivity contribution in [2.24, 2.45) is 5.92 Å². The van der Waals surface area contributed by atoms with E-state index < -0.39 is 0 Å². The summed E-state index contributed by atoms with van der Waals surface area (Å²) in [7, 11) is 0. The lowest BCUT2D eigenvalue weighted by atomic mass is 9.91. The molecule has 1 unspecified atom stereocenters. The summed E-state index contributed by atoms with van der Waals surface area (Å²) in [5.41, 5.74) is 0. The van der Waals surface area contributed by atoms with Crippen LogP contribution in [0.3, 0.4) is 0 Å². The number of piperazine rings is 1. The van der Waals surface area contributed by atoms with Crippen LogP contribution in [0.15, 0.2) is 0 Å². The molecule has 0 spiro atoms. The molecule has 0 aromatic rings. The third-order valence-corrected chi connectivity index (χ3v) is 5.00. The van der Waals surface area contributed by atoms with Crippen LogP contribution in [0.1, 0.15) is 84.5 Å². The second-order valence-corrected chi connectivity index (χ2v) is 6.95. The molecule has 2 heteroatoms. The number of nitrogens with zero attached hydrogens (tertiary/aromatic N) is 1. The van der Waals surface area contributed by atoms with Gasteiger partial charge in [-0.15, -0.1) is 0 Å². The fourth-order valence-electron chi connectivity index (χ4n) is 3.45. The molecule has 1 rings (SSSR count). The molecule has 21 heavy (non-hydrogen) atoms. The van der Waals surface area contributed by atoms with Crippen molar-refractivity contribution in [3.63, 3.8) is 0 Å². The lowest BCUT2D eigenvalue weighted by Crippen LogP contribution is -2.44. The maximum atomic E-state index is 3.46. The van der Waals surface area contributed by atoms with Crippen molar-refractivity contribution in [1.29, 1.82) is 0 Å². The topological polar surface area (TPSA) is 15.3 Å². The second kappa shape index (κ2) is 13.6. The summed E-state index contributed by atoms with van der Waals surface area (Å²) in [6.45, 7) is 10.9. The van der Waals surface area contributed by atoms with Gasteiger partial charge in [0.1, 0.15) is 0 Å². The molecule has 0 saturated carbocycles. The standard InChI is InChI=1S/C19H40N2/c1-3-5-7-8-10-12-19(11-9-6-4-2)13-16-21-17-14-20-15-18-21/h19-20H,3-18H2,1-2H3. The fraction of sp³-hybridized carbons (Fsp3) is 1.00. The Morgan fingerprint density at radius 1 is 0.762 bits per heavy atom. The minimum absolute atomic E-state index is 0.994. The van der Waals surface area contributed by atoms with Crippen LogP contribution in [0.4, 0.5) is 0 Å². The third-order valence-electron chi connectivity index (χ3n) is 5.00. The summed E-state index contributed by atoms with van der Waals surface area (Å²) in [5.74, 6) is 0.994. The lowest BCUT2D eigenvalue weighted by molar-refractivity contribution is 0.216. The van der Waals surface area contributed by atoms with E-state index in [0.717, 1.165) is 5.92 Å². The van der Waals surface area contributed by atoms with Crippen LogP contribution in [-0.2, 0) is 0 Å². The molecule has 0 radical (unpaired) electrons. The molecule has 0 amide bonds. The third kappa shape index (κ3) is 10.3. The normalized spacial score (nSPS) is 18.0. The number of rotatable bonds is 13. The zero-order valence-electron chi connectivity index (χ0n) is 14.8. The van der Waals surface area contributed by atoms with Gasteiger partial charge in [-0.3, -0.25) is 0 Å². The van der Waals surface area contributed by atoms with E-state index in [2.05, 4.69) is 24.1 Å². The first-order chi connectivity index (χ1) is 10.4. The van der Waals surface area contributed by atoms with Gasteiger partial charge in [0.05, 0.1) is 0 Å². The molecule has 1 aliphatic rings. The number of nitrogens with one attached hydrogen (secondary N) is 1. The molecule has 0 aromatic carbocycles. The van der Waals surface area contributed by atoms with Gasteiger partial charge in [-0.2, -0.15) is 0 Å². The van der Waals surface area contributed by atoms with Crippen LogP contribution in [0, 0.1) is 5.92 Å². The van der Waals surface area contributed by atoms with Gasteiger partial charge in [-0.05, 0) is 18.9 Å². The summed E-state index contributed by atoms with van der Waals surface area (Å²) in [5, 5.41) is 3.46. The van der Waals surface area contributed by atoms with Gasteiger partial charge in [-0.1, -0.05) is 78.1 Å². The zero-order valence-corrected chi connectivity index (χ0v) is 14.8. The van der Waals surface area contributed by atoms with Crippen molar-refractivity contribution < 1.29 is 0 Å². The van der Waals surface area contributed by atoms with Gasteiger partial charge in [-0.25, -0.2) is 0 Å². The van der Waals surface area contributed by atoms with Crippen molar-refractivity contribution in [1.82, 2.24) is 10.2 Å². The van der Waals surface area contributed by atoms with E-state index in [4.69, 9.17) is 0 Å². The van der Waals surface area contributed by atoms with Gasteiger partial charge < -0.3 is 10.2 Å². The zero-order chi connectivity index (χ0) is 15.2. The predicted octanol–water partition coefficient (Wildman–Crippen LogP) is 4.84. The molecule has 126 valence electrons. The van der Waals surface area contributed by atoms with Crippen LogP contribution in [-0.4, -0.2) is 37.6 Å². The van der Waals surface area contributed by atoms with Crippen molar-refractivity contribution >= 4 is 0 Å². The minimum atomic E-state index is 0.994. The Balaban J connectivity index is 2.15. The van der Waals surface area contributed by atoms with Crippen LogP contribution in [0.2, 0.25) is 0 Å². The van der Waals surface area contributed by atoms with Crippen molar-refractivity contribution in [2.75, 3.05) is 32.7 Å². The Kier molecular flexibility index (Phi) is 12.3. The molecule has 1 aliphatic heterocycles. The molecule has 0 aromatic heterocycles. The first kappa shape index (κ1) is 19.0. The predicted molar refractivity (Wildman–Crippen MR) is 94.9 cm³/mol. The van der Waals surface area contributed by atoms with Crippen LogP contribution in [0.25, 0.3) is 0 Å². The average Bonchev–Trinajstić information content (AvgIpc) is 2.53. The summed E-state index contributed by atoms with van der Waals surface area (Å²) < 4.78 is 0. The highest BCUT2D eigenvalue weighted by Crippen LogP contribution is 2.22. The van der Waals surface area contributed by atoms with E-state index in [1.165, 1.54) is 103 Å². The van der Waals surface area contributed by atoms with Crippen LogP contribution >= 0.6 is 0 Å². The Bertz CT molecular complexity index is 212. The van der Waals surface area contributed by atoms with Gasteiger partial charge in [0.25, 0.3) is 0 Å². The maximum Gasteiger partial charge on any atom is 0.0107 e. The van der Waals surface area contributed by atoms with Crippen molar-refractivity contribution in [3.05, 3.63) is 0 Å². The van der Waals surface area contributed by atoms with E-state index in [0.29, 0.717) is 0 Å². The smallest absolute Gasteiger partial charge is 0.0107 e. The minimum Gasteiger partial charge on any atom is -0.314 e. The average molecular weight is 297 g/mol. The molecule has 1 N–H and O–H groups in total. The quantitative estimate of drug-likeness (QED) is 0.489. The molecule has 0 aliphatic carbocycles. The Morgan fingerprint density at radius 3 is 2.00 bits per heavy atom. The molecular formula is C19H40N2. The van der Waals surface area contributed by atoms with E-state index in [9.17, 15) is 0 Å². The van der Waals surface area contributed by atoms with E-state index in [1.54, 1.807) is 0 Å². The van der Waals surface area contributed by atoms with E-state index in [-0.39, 0.29) is 0 Å². The highest BCUT2D eigenvalue weighted by molar-refractivity contribution is 4.70. The van der Waals surface area contributed by atoms with Crippen LogP contribution < -0.4 is 5.32 Å². The number of hydrogen-bond donors (Lipinski definition) is 1. The Labute approximate surface area is 134 Å². The van der Waals surface area contributed by atoms with Gasteiger partial charge in [0, 0.05) is 26.2 Å². The molecule has 1 saturated heterocycles. The largest absolute Gasteiger partial charge is 0.314 e. The fourth-order valence-corrected chi connectivity index (χ4v) is 3.45. The molecular weight excluding hydrogens is 256 g/mol.